The van der Waals surface area contributed by atoms with Gasteiger partial charge in [0, 0.05) is 38.9 Å². The molecule has 3 rings (SSSR count). The molecule has 2 heterocycles. The van der Waals surface area contributed by atoms with E-state index in [9.17, 15) is 18.4 Å². The molecule has 29 heavy (non-hydrogen) atoms. The molecule has 2 fully saturated rings. The normalized spacial score (nSPS) is 19.8. The molecule has 2 aliphatic rings. The number of rotatable bonds is 6. The molecule has 0 saturated carbocycles. The van der Waals surface area contributed by atoms with Crippen LogP contribution in [0.15, 0.2) is 24.3 Å². The Labute approximate surface area is 167 Å². The van der Waals surface area contributed by atoms with Crippen molar-refractivity contribution in [3.05, 3.63) is 29.8 Å². The number of methoxy groups -OCH3 is 1. The molecule has 158 valence electrons. The van der Waals surface area contributed by atoms with Crippen LogP contribution < -0.4 is 9.47 Å². The molecule has 0 bridgehead atoms. The number of piperazine rings is 1. The first kappa shape index (κ1) is 21.0. The SMILES string of the molecule is COc1cc(C=CC(=O)N2CCN(C(=O)C3CCCO3)CC2)ccc1OC(F)F. The molecule has 0 aliphatic carbocycles. The van der Waals surface area contributed by atoms with Crippen molar-refractivity contribution in [1.82, 2.24) is 9.80 Å². The van der Waals surface area contributed by atoms with E-state index in [0.717, 1.165) is 12.8 Å². The van der Waals surface area contributed by atoms with Gasteiger partial charge in [-0.25, -0.2) is 0 Å². The van der Waals surface area contributed by atoms with Crippen molar-refractivity contribution in [3.63, 3.8) is 0 Å². The highest BCUT2D eigenvalue weighted by Crippen LogP contribution is 2.29. The van der Waals surface area contributed by atoms with Crippen LogP contribution in [0.4, 0.5) is 8.78 Å². The van der Waals surface area contributed by atoms with Crippen molar-refractivity contribution in [1.29, 1.82) is 0 Å². The molecule has 1 aromatic carbocycles. The number of halogens is 2. The van der Waals surface area contributed by atoms with Crippen LogP contribution in [0.5, 0.6) is 11.5 Å². The lowest BCUT2D eigenvalue weighted by Crippen LogP contribution is -2.52. The lowest BCUT2D eigenvalue weighted by atomic mass is 10.1. The van der Waals surface area contributed by atoms with Gasteiger partial charge in [0.05, 0.1) is 7.11 Å². The average molecular weight is 410 g/mol. The summed E-state index contributed by atoms with van der Waals surface area (Å²) in [6.45, 7) is -0.465. The largest absolute Gasteiger partial charge is 0.493 e. The van der Waals surface area contributed by atoms with Crippen molar-refractivity contribution in [2.45, 2.75) is 25.6 Å². The van der Waals surface area contributed by atoms with Gasteiger partial charge < -0.3 is 24.0 Å². The minimum absolute atomic E-state index is 0.00309. The van der Waals surface area contributed by atoms with E-state index in [1.165, 1.54) is 25.3 Å². The molecule has 1 unspecified atom stereocenters. The van der Waals surface area contributed by atoms with Crippen LogP contribution in [0.1, 0.15) is 18.4 Å². The minimum Gasteiger partial charge on any atom is -0.493 e. The third-order valence-electron chi connectivity index (χ3n) is 4.93. The number of carbonyl (C=O) groups excluding carboxylic acids is 2. The van der Waals surface area contributed by atoms with Gasteiger partial charge in [-0.05, 0) is 36.6 Å². The van der Waals surface area contributed by atoms with E-state index >= 15 is 0 Å². The van der Waals surface area contributed by atoms with Crippen LogP contribution in [0, 0.1) is 0 Å². The average Bonchev–Trinajstić information content (AvgIpc) is 3.27. The summed E-state index contributed by atoms with van der Waals surface area (Å²) < 4.78 is 39.6. The smallest absolute Gasteiger partial charge is 0.387 e. The Balaban J connectivity index is 1.54. The van der Waals surface area contributed by atoms with Crippen LogP contribution in [0.3, 0.4) is 0 Å². The van der Waals surface area contributed by atoms with Gasteiger partial charge in [-0.15, -0.1) is 0 Å². The first-order valence-corrected chi connectivity index (χ1v) is 9.48. The Morgan fingerprint density at radius 3 is 2.52 bits per heavy atom. The van der Waals surface area contributed by atoms with Gasteiger partial charge in [0.25, 0.3) is 5.91 Å². The van der Waals surface area contributed by atoms with Crippen LogP contribution in [-0.2, 0) is 14.3 Å². The van der Waals surface area contributed by atoms with Crippen molar-refractivity contribution in [3.8, 4) is 11.5 Å². The monoisotopic (exact) mass is 410 g/mol. The zero-order valence-corrected chi connectivity index (χ0v) is 16.2. The molecule has 2 saturated heterocycles. The number of hydrogen-bond acceptors (Lipinski definition) is 5. The van der Waals surface area contributed by atoms with Crippen LogP contribution in [0.2, 0.25) is 0 Å². The van der Waals surface area contributed by atoms with E-state index in [2.05, 4.69) is 4.74 Å². The quantitative estimate of drug-likeness (QED) is 0.673. The summed E-state index contributed by atoms with van der Waals surface area (Å²) in [5.41, 5.74) is 0.615. The number of ether oxygens (including phenoxy) is 3. The second-order valence-corrected chi connectivity index (χ2v) is 6.77. The van der Waals surface area contributed by atoms with Gasteiger partial charge in [-0.1, -0.05) is 6.07 Å². The highest BCUT2D eigenvalue weighted by molar-refractivity contribution is 5.92. The third-order valence-corrected chi connectivity index (χ3v) is 4.93. The first-order valence-electron chi connectivity index (χ1n) is 9.48. The van der Waals surface area contributed by atoms with E-state index in [1.54, 1.807) is 21.9 Å². The number of nitrogens with zero attached hydrogens (tertiary/aromatic N) is 2. The predicted octanol–water partition coefficient (Wildman–Crippen LogP) is 2.16. The van der Waals surface area contributed by atoms with Gasteiger partial charge >= 0.3 is 6.61 Å². The van der Waals surface area contributed by atoms with E-state index in [4.69, 9.17) is 9.47 Å². The van der Waals surface area contributed by atoms with Crippen molar-refractivity contribution < 1.29 is 32.6 Å². The maximum Gasteiger partial charge on any atom is 0.387 e. The number of carbonyl (C=O) groups is 2. The molecule has 9 heteroatoms. The zero-order valence-electron chi connectivity index (χ0n) is 16.2. The molecule has 0 radical (unpaired) electrons. The summed E-state index contributed by atoms with van der Waals surface area (Å²) in [5, 5.41) is 0. The molecular formula is C20H24F2N2O5. The Bertz CT molecular complexity index is 757. The number of hydrogen-bond donors (Lipinski definition) is 0. The number of alkyl halides is 2. The topological polar surface area (TPSA) is 68.3 Å². The first-order chi connectivity index (χ1) is 14.0. The molecule has 0 spiro atoms. The molecule has 1 atom stereocenters. The number of amides is 2. The fourth-order valence-corrected chi connectivity index (χ4v) is 3.38. The summed E-state index contributed by atoms with van der Waals surface area (Å²) in [6, 6.07) is 4.44. The van der Waals surface area contributed by atoms with Crippen LogP contribution in [0.25, 0.3) is 6.08 Å². The summed E-state index contributed by atoms with van der Waals surface area (Å²) in [6.07, 6.45) is 4.32. The lowest BCUT2D eigenvalue weighted by molar-refractivity contribution is -0.144. The molecule has 2 amide bonds. The molecular weight excluding hydrogens is 386 g/mol. The van der Waals surface area contributed by atoms with Gasteiger partial charge in [-0.3, -0.25) is 9.59 Å². The maximum atomic E-state index is 12.4. The summed E-state index contributed by atoms with van der Waals surface area (Å²) in [7, 11) is 1.35. The second kappa shape index (κ2) is 9.69. The van der Waals surface area contributed by atoms with Gasteiger partial charge in [0.1, 0.15) is 6.10 Å². The summed E-state index contributed by atoms with van der Waals surface area (Å²) in [4.78, 5) is 28.2. The van der Waals surface area contributed by atoms with E-state index in [0.29, 0.717) is 38.3 Å². The molecule has 0 N–H and O–H groups in total. The Hall–Kier alpha value is -2.68. The Morgan fingerprint density at radius 1 is 1.17 bits per heavy atom. The predicted molar refractivity (Wildman–Crippen MR) is 101 cm³/mol. The second-order valence-electron chi connectivity index (χ2n) is 6.77. The standard InChI is InChI=1S/C20H24F2N2O5/c1-27-17-13-14(4-6-15(17)29-20(21)22)5-7-18(25)23-8-10-24(11-9-23)19(26)16-3-2-12-28-16/h4-7,13,16,20H,2-3,8-12H2,1H3. The van der Waals surface area contributed by atoms with E-state index < -0.39 is 6.61 Å². The lowest BCUT2D eigenvalue weighted by Gasteiger charge is -2.35. The highest BCUT2D eigenvalue weighted by Gasteiger charge is 2.30. The Kier molecular flexibility index (Phi) is 7.03. The van der Waals surface area contributed by atoms with Crippen LogP contribution >= 0.6 is 0 Å². The zero-order chi connectivity index (χ0) is 20.8. The summed E-state index contributed by atoms with van der Waals surface area (Å²) in [5.74, 6) is -0.0939. The molecule has 2 aliphatic heterocycles. The van der Waals surface area contributed by atoms with Gasteiger partial charge in [0.2, 0.25) is 5.91 Å². The van der Waals surface area contributed by atoms with Crippen molar-refractivity contribution in [2.75, 3.05) is 39.9 Å². The molecule has 7 nitrogen and oxygen atoms in total. The summed E-state index contributed by atoms with van der Waals surface area (Å²) >= 11 is 0. The number of benzene rings is 1. The van der Waals surface area contributed by atoms with Crippen molar-refractivity contribution in [2.24, 2.45) is 0 Å². The minimum atomic E-state index is -2.95. The van der Waals surface area contributed by atoms with E-state index in [-0.39, 0.29) is 29.4 Å². The fraction of sp³-hybridized carbons (Fsp3) is 0.500. The fourth-order valence-electron chi connectivity index (χ4n) is 3.38. The Morgan fingerprint density at radius 2 is 1.90 bits per heavy atom. The highest BCUT2D eigenvalue weighted by atomic mass is 19.3. The molecule has 1 aromatic rings. The third kappa shape index (κ3) is 5.44. The van der Waals surface area contributed by atoms with Crippen LogP contribution in [-0.4, -0.2) is 74.2 Å². The van der Waals surface area contributed by atoms with Gasteiger partial charge in [-0.2, -0.15) is 8.78 Å². The van der Waals surface area contributed by atoms with Gasteiger partial charge in [0.15, 0.2) is 11.5 Å². The van der Waals surface area contributed by atoms with E-state index in [1.807, 2.05) is 0 Å². The molecule has 0 aromatic heterocycles. The maximum absolute atomic E-state index is 12.4. The van der Waals surface area contributed by atoms with Crippen molar-refractivity contribution >= 4 is 17.9 Å².